The topological polar surface area (TPSA) is 135 Å². The summed E-state index contributed by atoms with van der Waals surface area (Å²) in [6.07, 6.45) is 2.39. The van der Waals surface area contributed by atoms with E-state index in [1.165, 1.54) is 47.3 Å². The molecular formula is C27H19Cl2N5O5. The highest BCUT2D eigenvalue weighted by atomic mass is 35.5. The van der Waals surface area contributed by atoms with Crippen LogP contribution in [0.15, 0.2) is 60.9 Å². The van der Waals surface area contributed by atoms with Crippen molar-refractivity contribution in [1.29, 1.82) is 5.26 Å². The lowest BCUT2D eigenvalue weighted by Crippen LogP contribution is -2.54. The number of imide groups is 1. The standard InChI is InChI=1S/C27H19Cl2N5O5/c1-32-26(39)34(19-9-17(28)8-18(29)10-19)25(38)27(32)14-33(13-22(27)16-4-2-15(11-30)3-5-16)23(35)20-6-7-31-12-21(20)24(36)37/h2-10,12,22H,13-14H2,1H3,(H,36,37)/t22-,27+/m0/s1. The van der Waals surface area contributed by atoms with Crippen molar-refractivity contribution in [3.05, 3.63) is 93.2 Å². The zero-order valence-electron chi connectivity index (χ0n) is 20.3. The van der Waals surface area contributed by atoms with Gasteiger partial charge in [-0.25, -0.2) is 14.5 Å². The molecule has 2 aromatic carbocycles. The van der Waals surface area contributed by atoms with Crippen LogP contribution in [0, 0.1) is 11.3 Å². The second-order valence-electron chi connectivity index (χ2n) is 9.23. The van der Waals surface area contributed by atoms with E-state index in [0.29, 0.717) is 11.1 Å². The molecule has 2 fully saturated rings. The second kappa shape index (κ2) is 9.69. The molecule has 1 spiro atoms. The molecule has 1 aromatic heterocycles. The molecule has 0 radical (unpaired) electrons. The minimum atomic E-state index is -1.54. The monoisotopic (exact) mass is 563 g/mol. The highest BCUT2D eigenvalue weighted by Crippen LogP contribution is 2.47. The average Bonchev–Trinajstić information content (AvgIpc) is 3.40. The molecule has 2 atom stereocenters. The van der Waals surface area contributed by atoms with Gasteiger partial charge in [-0.1, -0.05) is 35.3 Å². The molecule has 3 heterocycles. The average molecular weight is 564 g/mol. The van der Waals surface area contributed by atoms with Crippen molar-refractivity contribution >= 4 is 52.7 Å². The Bertz CT molecular complexity index is 1570. The molecule has 1 N–H and O–H groups in total. The Morgan fingerprint density at radius 1 is 1.08 bits per heavy atom. The van der Waals surface area contributed by atoms with Gasteiger partial charge in [-0.15, -0.1) is 0 Å². The quantitative estimate of drug-likeness (QED) is 0.473. The smallest absolute Gasteiger partial charge is 0.338 e. The van der Waals surface area contributed by atoms with Crippen molar-refractivity contribution in [2.24, 2.45) is 0 Å². The summed E-state index contributed by atoms with van der Waals surface area (Å²) < 4.78 is 0. The van der Waals surface area contributed by atoms with E-state index in [9.17, 15) is 29.5 Å². The van der Waals surface area contributed by atoms with Gasteiger partial charge in [-0.3, -0.25) is 14.6 Å². The fraction of sp³-hybridized carbons (Fsp3) is 0.185. The van der Waals surface area contributed by atoms with Crippen molar-refractivity contribution in [2.75, 3.05) is 25.0 Å². The van der Waals surface area contributed by atoms with Crippen LogP contribution in [-0.2, 0) is 4.79 Å². The third-order valence-electron chi connectivity index (χ3n) is 7.18. The molecule has 4 amide bonds. The van der Waals surface area contributed by atoms with E-state index in [1.54, 1.807) is 24.3 Å². The van der Waals surface area contributed by atoms with E-state index < -0.39 is 35.3 Å². The molecule has 5 rings (SSSR count). The Morgan fingerprint density at radius 3 is 2.36 bits per heavy atom. The number of benzene rings is 2. The first kappa shape index (κ1) is 26.2. The summed E-state index contributed by atoms with van der Waals surface area (Å²) in [5.74, 6) is -3.24. The van der Waals surface area contributed by atoms with Crippen molar-refractivity contribution in [2.45, 2.75) is 11.5 Å². The molecule has 10 nitrogen and oxygen atoms in total. The predicted octanol–water partition coefficient (Wildman–Crippen LogP) is 4.04. The lowest BCUT2D eigenvalue weighted by atomic mass is 9.80. The molecule has 12 heteroatoms. The zero-order valence-corrected chi connectivity index (χ0v) is 21.8. The fourth-order valence-corrected chi connectivity index (χ4v) is 5.80. The van der Waals surface area contributed by atoms with E-state index in [1.807, 2.05) is 6.07 Å². The summed E-state index contributed by atoms with van der Waals surface area (Å²) in [5.41, 5.74) is -0.708. The molecule has 2 aliphatic rings. The van der Waals surface area contributed by atoms with Crippen LogP contribution in [0.5, 0.6) is 0 Å². The largest absolute Gasteiger partial charge is 0.478 e. The maximum atomic E-state index is 14.2. The first-order valence-electron chi connectivity index (χ1n) is 11.6. The Hall–Kier alpha value is -4.46. The van der Waals surface area contributed by atoms with Crippen molar-refractivity contribution in [1.82, 2.24) is 14.8 Å². The number of hydrogen-bond donors (Lipinski definition) is 1. The van der Waals surface area contributed by atoms with Crippen LogP contribution in [0.25, 0.3) is 0 Å². The molecule has 3 aromatic rings. The van der Waals surface area contributed by atoms with E-state index in [0.717, 1.165) is 11.1 Å². The molecule has 2 aliphatic heterocycles. The van der Waals surface area contributed by atoms with Gasteiger partial charge in [0.25, 0.3) is 11.8 Å². The number of carboxylic acid groups (broad SMARTS) is 1. The Kier molecular flexibility index (Phi) is 6.50. The van der Waals surface area contributed by atoms with Gasteiger partial charge < -0.3 is 14.9 Å². The Morgan fingerprint density at radius 2 is 1.74 bits per heavy atom. The maximum absolute atomic E-state index is 14.2. The lowest BCUT2D eigenvalue weighted by molar-refractivity contribution is -0.124. The number of hydrogen-bond acceptors (Lipinski definition) is 6. The van der Waals surface area contributed by atoms with Crippen molar-refractivity contribution in [3.63, 3.8) is 0 Å². The Labute approximate surface area is 232 Å². The third kappa shape index (κ3) is 4.16. The van der Waals surface area contributed by atoms with Crippen LogP contribution in [0.1, 0.15) is 37.8 Å². The van der Waals surface area contributed by atoms with Crippen molar-refractivity contribution in [3.8, 4) is 6.07 Å². The number of pyridine rings is 1. The number of halogens is 2. The summed E-state index contributed by atoms with van der Waals surface area (Å²) >= 11 is 12.3. The summed E-state index contributed by atoms with van der Waals surface area (Å²) in [5, 5.41) is 19.3. The second-order valence-corrected chi connectivity index (χ2v) is 10.1. The number of nitriles is 1. The van der Waals surface area contributed by atoms with Gasteiger partial charge in [-0.2, -0.15) is 5.26 Å². The van der Waals surface area contributed by atoms with Gasteiger partial charge in [0.15, 0.2) is 0 Å². The molecule has 39 heavy (non-hydrogen) atoms. The summed E-state index contributed by atoms with van der Waals surface area (Å²) in [6.45, 7) is -0.205. The van der Waals surface area contributed by atoms with Gasteiger partial charge in [0, 0.05) is 41.9 Å². The SMILES string of the molecule is CN1C(=O)N(c2cc(Cl)cc(Cl)c2)C(=O)[C@]12CN(C(=O)c1ccncc1C(=O)O)C[C@H]2c1ccc(C#N)cc1. The number of carbonyl (C=O) groups is 4. The van der Waals surface area contributed by atoms with Crippen LogP contribution in [0.4, 0.5) is 10.5 Å². The minimum absolute atomic E-state index is 0.000379. The molecule has 0 saturated carbocycles. The van der Waals surface area contributed by atoms with E-state index in [4.69, 9.17) is 23.2 Å². The molecule has 2 saturated heterocycles. The number of likely N-dealkylation sites (tertiary alicyclic amines) is 1. The highest BCUT2D eigenvalue weighted by molar-refractivity contribution is 6.36. The van der Waals surface area contributed by atoms with Gasteiger partial charge >= 0.3 is 12.0 Å². The van der Waals surface area contributed by atoms with E-state index in [2.05, 4.69) is 4.98 Å². The van der Waals surface area contributed by atoms with E-state index in [-0.39, 0.29) is 39.9 Å². The lowest BCUT2D eigenvalue weighted by Gasteiger charge is -2.33. The Balaban J connectivity index is 1.63. The summed E-state index contributed by atoms with van der Waals surface area (Å²) in [7, 11) is 1.48. The number of carboxylic acids is 1. The highest BCUT2D eigenvalue weighted by Gasteiger charge is 2.65. The maximum Gasteiger partial charge on any atom is 0.338 e. The van der Waals surface area contributed by atoms with Crippen molar-refractivity contribution < 1.29 is 24.3 Å². The molecule has 0 aliphatic carbocycles. The summed E-state index contributed by atoms with van der Waals surface area (Å²) in [6, 6.07) is 13.6. The first-order valence-corrected chi connectivity index (χ1v) is 12.4. The zero-order chi connectivity index (χ0) is 28.1. The van der Waals surface area contributed by atoms with Crippen LogP contribution in [0.2, 0.25) is 10.0 Å². The molecular weight excluding hydrogens is 545 g/mol. The number of rotatable bonds is 4. The first-order chi connectivity index (χ1) is 18.6. The number of amides is 4. The van der Waals surface area contributed by atoms with Gasteiger partial charge in [0.1, 0.15) is 5.54 Å². The molecule has 0 unspecified atom stereocenters. The number of aromatic carboxylic acids is 1. The predicted molar refractivity (Wildman–Crippen MR) is 141 cm³/mol. The fourth-order valence-electron chi connectivity index (χ4n) is 5.28. The number of urea groups is 1. The number of anilines is 1. The van der Waals surface area contributed by atoms with Gasteiger partial charge in [0.05, 0.1) is 35.0 Å². The third-order valence-corrected chi connectivity index (χ3v) is 7.61. The number of aromatic nitrogens is 1. The van der Waals surface area contributed by atoms with Crippen LogP contribution >= 0.6 is 23.2 Å². The minimum Gasteiger partial charge on any atom is -0.478 e. The molecule has 0 bridgehead atoms. The summed E-state index contributed by atoms with van der Waals surface area (Å²) in [4.78, 5) is 60.7. The molecule has 196 valence electrons. The van der Waals surface area contributed by atoms with Gasteiger partial charge in [0.2, 0.25) is 0 Å². The normalized spacial score (nSPS) is 20.6. The van der Waals surface area contributed by atoms with Gasteiger partial charge in [-0.05, 0) is 42.0 Å². The van der Waals surface area contributed by atoms with Crippen LogP contribution in [0.3, 0.4) is 0 Å². The number of likely N-dealkylation sites (N-methyl/N-ethyl adjacent to an activating group) is 1. The van der Waals surface area contributed by atoms with E-state index >= 15 is 0 Å². The van der Waals surface area contributed by atoms with Crippen LogP contribution in [-0.4, -0.2) is 69.4 Å². The number of nitrogens with zero attached hydrogens (tertiary/aromatic N) is 5. The number of carbonyl (C=O) groups excluding carboxylic acids is 3. The van der Waals surface area contributed by atoms with Crippen LogP contribution < -0.4 is 4.90 Å².